The monoisotopic (exact) mass is 305 g/mol. The first kappa shape index (κ1) is 16.8. The molecular weight excluding hydrogens is 281 g/mol. The van der Waals surface area contributed by atoms with Gasteiger partial charge in [0.25, 0.3) is 0 Å². The third-order valence-corrected chi connectivity index (χ3v) is 4.25. The molecule has 0 amide bonds. The second kappa shape index (κ2) is 5.91. The summed E-state index contributed by atoms with van der Waals surface area (Å²) in [6.45, 7) is 8.28. The van der Waals surface area contributed by atoms with Gasteiger partial charge < -0.3 is 25.5 Å². The van der Waals surface area contributed by atoms with Crippen LogP contribution in [0, 0.1) is 0 Å². The quantitative estimate of drug-likeness (QED) is 0.822. The minimum Gasteiger partial charge on any atom is -0.481 e. The molecule has 0 bridgehead atoms. The topological polar surface area (TPSA) is 92.6 Å². The molecule has 2 heterocycles. The summed E-state index contributed by atoms with van der Waals surface area (Å²) in [5, 5.41) is 0. The van der Waals surface area contributed by atoms with Crippen molar-refractivity contribution in [3.63, 3.8) is 0 Å². The summed E-state index contributed by atoms with van der Waals surface area (Å²) in [6.07, 6.45) is 1.81. The van der Waals surface area contributed by atoms with Crippen molar-refractivity contribution >= 4 is 18.9 Å². The van der Waals surface area contributed by atoms with Crippen LogP contribution < -0.4 is 16.2 Å². The second-order valence-corrected chi connectivity index (χ2v) is 6.34. The van der Waals surface area contributed by atoms with Gasteiger partial charge >= 0.3 is 7.12 Å². The average Bonchev–Trinajstić information content (AvgIpc) is 2.66. The van der Waals surface area contributed by atoms with Crippen molar-refractivity contribution in [2.45, 2.75) is 38.9 Å². The van der Waals surface area contributed by atoms with Gasteiger partial charge in [0.1, 0.15) is 0 Å². The Morgan fingerprint density at radius 3 is 2.36 bits per heavy atom. The second-order valence-electron chi connectivity index (χ2n) is 6.34. The van der Waals surface area contributed by atoms with Gasteiger partial charge in [0.2, 0.25) is 5.88 Å². The maximum Gasteiger partial charge on any atom is 0.491 e. The van der Waals surface area contributed by atoms with E-state index >= 15 is 0 Å². The van der Waals surface area contributed by atoms with Crippen LogP contribution in [-0.4, -0.2) is 37.0 Å². The Bertz CT molecular complexity index is 571. The Labute approximate surface area is 132 Å². The first-order valence-corrected chi connectivity index (χ1v) is 7.27. The summed E-state index contributed by atoms with van der Waals surface area (Å²) in [7, 11) is 1.05. The van der Waals surface area contributed by atoms with E-state index in [1.54, 1.807) is 25.3 Å². The highest BCUT2D eigenvalue weighted by atomic mass is 16.7. The van der Waals surface area contributed by atoms with E-state index < -0.39 is 18.3 Å². The molecule has 0 atom stereocenters. The van der Waals surface area contributed by atoms with Crippen molar-refractivity contribution in [1.29, 1.82) is 0 Å². The summed E-state index contributed by atoms with van der Waals surface area (Å²) in [6, 6.07) is 3.46. The molecule has 0 saturated carbocycles. The van der Waals surface area contributed by atoms with Crippen LogP contribution in [0.4, 0.5) is 5.69 Å². The number of aromatic nitrogens is 1. The molecule has 0 aliphatic carbocycles. The zero-order chi connectivity index (χ0) is 16.5. The molecule has 2 rings (SSSR count). The molecule has 1 aliphatic rings. The predicted molar refractivity (Wildman–Crippen MR) is 88.3 cm³/mol. The van der Waals surface area contributed by atoms with Gasteiger partial charge in [0.05, 0.1) is 29.7 Å². The lowest BCUT2D eigenvalue weighted by atomic mass is 9.77. The minimum atomic E-state index is -0.512. The van der Waals surface area contributed by atoms with E-state index in [-0.39, 0.29) is 6.54 Å². The maximum absolute atomic E-state index is 6.02. The lowest BCUT2D eigenvalue weighted by Crippen LogP contribution is -2.41. The molecule has 0 aromatic carbocycles. The molecule has 0 spiro atoms. The van der Waals surface area contributed by atoms with Gasteiger partial charge in [0, 0.05) is 12.6 Å². The number of pyridine rings is 1. The third kappa shape index (κ3) is 3.11. The van der Waals surface area contributed by atoms with Crippen LogP contribution in [0.2, 0.25) is 0 Å². The Morgan fingerprint density at radius 1 is 1.27 bits per heavy atom. The SMILES string of the molecule is COc1ccc(N)c(C=C(CN)B2OC(C)(C)C(C)(C)O2)n1. The van der Waals surface area contributed by atoms with E-state index in [9.17, 15) is 0 Å². The number of ether oxygens (including phenoxy) is 1. The van der Waals surface area contributed by atoms with Crippen LogP contribution >= 0.6 is 0 Å². The van der Waals surface area contributed by atoms with Crippen LogP contribution in [0.1, 0.15) is 33.4 Å². The van der Waals surface area contributed by atoms with Gasteiger partial charge in [-0.1, -0.05) is 0 Å². The van der Waals surface area contributed by atoms with Gasteiger partial charge in [-0.25, -0.2) is 4.98 Å². The Morgan fingerprint density at radius 2 is 1.86 bits per heavy atom. The van der Waals surface area contributed by atoms with Crippen LogP contribution in [0.15, 0.2) is 17.6 Å². The van der Waals surface area contributed by atoms with Crippen molar-refractivity contribution in [3.05, 3.63) is 23.3 Å². The molecule has 1 saturated heterocycles. The Balaban J connectivity index is 2.33. The van der Waals surface area contributed by atoms with E-state index in [4.69, 9.17) is 25.5 Å². The van der Waals surface area contributed by atoms with Crippen LogP contribution in [0.25, 0.3) is 6.08 Å². The van der Waals surface area contributed by atoms with Gasteiger partial charge in [-0.3, -0.25) is 0 Å². The average molecular weight is 305 g/mol. The Kier molecular flexibility index (Phi) is 4.51. The van der Waals surface area contributed by atoms with E-state index in [2.05, 4.69) is 4.98 Å². The number of methoxy groups -OCH3 is 1. The molecule has 1 aliphatic heterocycles. The fourth-order valence-corrected chi connectivity index (χ4v) is 2.09. The van der Waals surface area contributed by atoms with Crippen molar-refractivity contribution < 1.29 is 14.0 Å². The first-order chi connectivity index (χ1) is 10.2. The highest BCUT2D eigenvalue weighted by Crippen LogP contribution is 2.38. The fraction of sp³-hybridized carbons (Fsp3) is 0.533. The summed E-state index contributed by atoms with van der Waals surface area (Å²) >= 11 is 0. The maximum atomic E-state index is 6.02. The Hall–Kier alpha value is -1.57. The lowest BCUT2D eigenvalue weighted by Gasteiger charge is -2.32. The molecule has 1 aromatic heterocycles. The standard InChI is InChI=1S/C15H24BN3O3/c1-14(2)15(3,4)22-16(21-14)10(9-17)8-12-11(18)6-7-13(19-12)20-5/h6-8H,9,17-18H2,1-5H3. The number of nitrogen functional groups attached to an aromatic ring is 1. The molecule has 0 unspecified atom stereocenters. The minimum absolute atomic E-state index is 0.287. The number of hydrogen-bond acceptors (Lipinski definition) is 6. The number of nitrogens with two attached hydrogens (primary N) is 2. The summed E-state index contributed by atoms with van der Waals surface area (Å²) in [5.41, 5.74) is 12.9. The van der Waals surface area contributed by atoms with E-state index in [0.717, 1.165) is 5.47 Å². The molecular formula is C15H24BN3O3. The summed E-state index contributed by atoms with van der Waals surface area (Å²) < 4.78 is 17.2. The highest BCUT2D eigenvalue weighted by molar-refractivity contribution is 6.55. The molecule has 4 N–H and O–H groups in total. The summed E-state index contributed by atoms with van der Waals surface area (Å²) in [5.74, 6) is 0.491. The normalized spacial score (nSPS) is 20.3. The predicted octanol–water partition coefficient (Wildman–Crippen LogP) is 1.65. The van der Waals surface area contributed by atoms with Crippen LogP contribution in [0.5, 0.6) is 5.88 Å². The summed E-state index contributed by atoms with van der Waals surface area (Å²) in [4.78, 5) is 4.33. The zero-order valence-corrected chi connectivity index (χ0v) is 13.8. The van der Waals surface area contributed by atoms with E-state index in [1.165, 1.54) is 0 Å². The van der Waals surface area contributed by atoms with E-state index in [1.807, 2.05) is 27.7 Å². The zero-order valence-electron chi connectivity index (χ0n) is 13.8. The lowest BCUT2D eigenvalue weighted by molar-refractivity contribution is 0.00578. The molecule has 7 heteroatoms. The van der Waals surface area contributed by atoms with Crippen molar-refractivity contribution in [3.8, 4) is 5.88 Å². The highest BCUT2D eigenvalue weighted by Gasteiger charge is 2.52. The van der Waals surface area contributed by atoms with Gasteiger partial charge in [-0.05, 0) is 45.3 Å². The number of hydrogen-bond donors (Lipinski definition) is 2. The van der Waals surface area contributed by atoms with Crippen molar-refractivity contribution in [1.82, 2.24) is 4.98 Å². The fourth-order valence-electron chi connectivity index (χ4n) is 2.09. The molecule has 0 radical (unpaired) electrons. The largest absolute Gasteiger partial charge is 0.491 e. The first-order valence-electron chi connectivity index (χ1n) is 7.27. The van der Waals surface area contributed by atoms with E-state index in [0.29, 0.717) is 17.3 Å². The van der Waals surface area contributed by atoms with Crippen LogP contribution in [0.3, 0.4) is 0 Å². The molecule has 1 aromatic rings. The van der Waals surface area contributed by atoms with Gasteiger partial charge in [-0.2, -0.15) is 0 Å². The number of rotatable bonds is 4. The molecule has 120 valence electrons. The van der Waals surface area contributed by atoms with Crippen molar-refractivity contribution in [2.75, 3.05) is 19.4 Å². The van der Waals surface area contributed by atoms with Crippen molar-refractivity contribution in [2.24, 2.45) is 5.73 Å². The van der Waals surface area contributed by atoms with Gasteiger partial charge in [0.15, 0.2) is 0 Å². The number of anilines is 1. The number of nitrogens with zero attached hydrogens (tertiary/aromatic N) is 1. The molecule has 22 heavy (non-hydrogen) atoms. The molecule has 1 fully saturated rings. The van der Waals surface area contributed by atoms with Crippen LogP contribution in [-0.2, 0) is 9.31 Å². The smallest absolute Gasteiger partial charge is 0.481 e. The third-order valence-electron chi connectivity index (χ3n) is 4.25. The van der Waals surface area contributed by atoms with Gasteiger partial charge in [-0.15, -0.1) is 0 Å². The molecule has 6 nitrogen and oxygen atoms in total.